The van der Waals surface area contributed by atoms with Gasteiger partial charge in [0.2, 0.25) is 0 Å². The second-order valence-corrected chi connectivity index (χ2v) is 9.17. The van der Waals surface area contributed by atoms with Gasteiger partial charge in [0.25, 0.3) is 0 Å². The topological polar surface area (TPSA) is 58.6 Å². The molecule has 168 valence electrons. The summed E-state index contributed by atoms with van der Waals surface area (Å²) in [6, 6.07) is 21.6. The number of carbonyl (C=O) groups is 1. The van der Waals surface area contributed by atoms with Crippen LogP contribution in [-0.2, 0) is 4.74 Å². The summed E-state index contributed by atoms with van der Waals surface area (Å²) in [7, 11) is 1.41. The maximum Gasteiger partial charge on any atom is 0.348 e. The first-order valence-corrected chi connectivity index (χ1v) is 11.9. The molecule has 0 unspecified atom stereocenters. The molecular formula is C26H26N4O2S. The van der Waals surface area contributed by atoms with E-state index in [4.69, 9.17) is 4.74 Å². The maximum atomic E-state index is 12.2. The number of piperazine rings is 1. The molecule has 1 saturated heterocycles. The minimum absolute atomic E-state index is 0.216. The van der Waals surface area contributed by atoms with Crippen molar-refractivity contribution in [3.8, 4) is 0 Å². The van der Waals surface area contributed by atoms with Gasteiger partial charge in [-0.2, -0.15) is 0 Å². The third kappa shape index (κ3) is 4.10. The molecule has 0 amide bonds. The lowest BCUT2D eigenvalue weighted by Gasteiger charge is -2.40. The van der Waals surface area contributed by atoms with Crippen LogP contribution in [0.1, 0.15) is 32.4 Å². The lowest BCUT2D eigenvalue weighted by atomic mass is 9.96. The van der Waals surface area contributed by atoms with Gasteiger partial charge in [0.05, 0.1) is 18.5 Å². The highest BCUT2D eigenvalue weighted by molar-refractivity contribution is 7.20. The zero-order chi connectivity index (χ0) is 22.8. The molecule has 0 atom stereocenters. The summed E-state index contributed by atoms with van der Waals surface area (Å²) in [4.78, 5) is 27.5. The first-order chi connectivity index (χ1) is 16.2. The third-order valence-electron chi connectivity index (χ3n) is 6.29. The van der Waals surface area contributed by atoms with Gasteiger partial charge in [-0.15, -0.1) is 11.3 Å². The van der Waals surface area contributed by atoms with E-state index in [1.54, 1.807) is 6.33 Å². The molecule has 4 aromatic rings. The van der Waals surface area contributed by atoms with Gasteiger partial charge >= 0.3 is 5.97 Å². The van der Waals surface area contributed by atoms with Crippen molar-refractivity contribution in [3.63, 3.8) is 0 Å². The number of carbonyl (C=O) groups excluding carboxylic acids is 1. The van der Waals surface area contributed by atoms with Gasteiger partial charge < -0.3 is 9.64 Å². The number of fused-ring (bicyclic) bond motifs is 1. The highest BCUT2D eigenvalue weighted by Crippen LogP contribution is 2.36. The average Bonchev–Trinajstić information content (AvgIpc) is 3.22. The van der Waals surface area contributed by atoms with E-state index in [2.05, 4.69) is 80.4 Å². The average molecular weight is 459 g/mol. The van der Waals surface area contributed by atoms with Crippen LogP contribution in [0.15, 0.2) is 67.0 Å². The quantitative estimate of drug-likeness (QED) is 0.404. The Balaban J connectivity index is 1.42. The monoisotopic (exact) mass is 458 g/mol. The Morgan fingerprint density at radius 3 is 2.12 bits per heavy atom. The lowest BCUT2D eigenvalue weighted by Crippen LogP contribution is -2.48. The SMILES string of the molecule is COC(=O)c1sc2ncnc(N3CCN(C(c4ccccc4)c4ccccc4)CC3)c2c1C. The fraction of sp³-hybridized carbons (Fsp3) is 0.269. The molecule has 1 fully saturated rings. The minimum atomic E-state index is -0.320. The van der Waals surface area contributed by atoms with E-state index in [-0.39, 0.29) is 12.0 Å². The number of aryl methyl sites for hydroxylation is 1. The largest absolute Gasteiger partial charge is 0.465 e. The molecule has 2 aromatic carbocycles. The third-order valence-corrected chi connectivity index (χ3v) is 7.47. The normalized spacial score (nSPS) is 14.7. The number of thiophene rings is 1. The van der Waals surface area contributed by atoms with Crippen molar-refractivity contribution in [2.45, 2.75) is 13.0 Å². The maximum absolute atomic E-state index is 12.2. The van der Waals surface area contributed by atoms with Crippen LogP contribution in [-0.4, -0.2) is 54.1 Å². The number of aromatic nitrogens is 2. The van der Waals surface area contributed by atoms with Crippen LogP contribution in [0.3, 0.4) is 0 Å². The van der Waals surface area contributed by atoms with Crippen molar-refractivity contribution < 1.29 is 9.53 Å². The summed E-state index contributed by atoms with van der Waals surface area (Å²) in [6.45, 7) is 5.48. The van der Waals surface area contributed by atoms with E-state index in [0.717, 1.165) is 47.8 Å². The summed E-state index contributed by atoms with van der Waals surface area (Å²) in [5, 5.41) is 0.957. The van der Waals surface area contributed by atoms with Gasteiger partial charge in [0, 0.05) is 26.2 Å². The summed E-state index contributed by atoms with van der Waals surface area (Å²) in [5.41, 5.74) is 3.50. The fourth-order valence-electron chi connectivity index (χ4n) is 4.66. The second-order valence-electron chi connectivity index (χ2n) is 8.17. The highest BCUT2D eigenvalue weighted by Gasteiger charge is 2.29. The smallest absolute Gasteiger partial charge is 0.348 e. The van der Waals surface area contributed by atoms with Crippen molar-refractivity contribution in [1.29, 1.82) is 0 Å². The van der Waals surface area contributed by atoms with Gasteiger partial charge in [0.1, 0.15) is 21.9 Å². The number of esters is 1. The molecule has 33 heavy (non-hydrogen) atoms. The van der Waals surface area contributed by atoms with Crippen LogP contribution in [0.25, 0.3) is 10.2 Å². The molecule has 0 aliphatic carbocycles. The van der Waals surface area contributed by atoms with Gasteiger partial charge in [-0.1, -0.05) is 60.7 Å². The van der Waals surface area contributed by atoms with Gasteiger partial charge in [-0.25, -0.2) is 14.8 Å². The number of hydrogen-bond acceptors (Lipinski definition) is 7. The van der Waals surface area contributed by atoms with Crippen molar-refractivity contribution >= 4 is 33.3 Å². The Kier molecular flexibility index (Phi) is 6.07. The lowest BCUT2D eigenvalue weighted by molar-refractivity contribution is 0.0605. The molecule has 0 saturated carbocycles. The van der Waals surface area contributed by atoms with E-state index in [9.17, 15) is 4.79 Å². The van der Waals surface area contributed by atoms with Crippen LogP contribution in [0.5, 0.6) is 0 Å². The number of ether oxygens (including phenoxy) is 1. The van der Waals surface area contributed by atoms with Crippen molar-refractivity contribution in [3.05, 3.63) is 88.6 Å². The van der Waals surface area contributed by atoms with E-state index < -0.39 is 0 Å². The summed E-state index contributed by atoms with van der Waals surface area (Å²) in [5.74, 6) is 0.583. The fourth-order valence-corrected chi connectivity index (χ4v) is 5.72. The summed E-state index contributed by atoms with van der Waals surface area (Å²) < 4.78 is 4.96. The highest BCUT2D eigenvalue weighted by atomic mass is 32.1. The molecule has 5 rings (SSSR count). The molecule has 1 aliphatic heterocycles. The number of benzene rings is 2. The van der Waals surface area contributed by atoms with Crippen molar-refractivity contribution in [1.82, 2.24) is 14.9 Å². The van der Waals surface area contributed by atoms with E-state index in [1.807, 2.05) is 6.92 Å². The molecule has 2 aromatic heterocycles. The predicted octanol–water partition coefficient (Wildman–Crippen LogP) is 4.70. The van der Waals surface area contributed by atoms with Crippen LogP contribution in [0.4, 0.5) is 5.82 Å². The molecule has 7 heteroatoms. The standard InChI is InChI=1S/C26H26N4O2S/c1-18-21-24(27-17-28-25(21)33-23(18)26(31)32-2)30-15-13-29(14-16-30)22(19-9-5-3-6-10-19)20-11-7-4-8-12-20/h3-12,17,22H,13-16H2,1-2H3. The molecule has 3 heterocycles. The molecule has 1 aliphatic rings. The molecule has 0 radical (unpaired) electrons. The van der Waals surface area contributed by atoms with E-state index in [0.29, 0.717) is 4.88 Å². The van der Waals surface area contributed by atoms with Gasteiger partial charge in [-0.3, -0.25) is 4.90 Å². The first kappa shape index (κ1) is 21.6. The predicted molar refractivity (Wildman–Crippen MR) is 132 cm³/mol. The zero-order valence-electron chi connectivity index (χ0n) is 18.8. The first-order valence-electron chi connectivity index (χ1n) is 11.1. The number of anilines is 1. The van der Waals surface area contributed by atoms with Crippen LogP contribution in [0, 0.1) is 6.92 Å². The Morgan fingerprint density at radius 2 is 1.55 bits per heavy atom. The Morgan fingerprint density at radius 1 is 0.939 bits per heavy atom. The summed E-state index contributed by atoms with van der Waals surface area (Å²) >= 11 is 1.37. The van der Waals surface area contributed by atoms with Crippen molar-refractivity contribution in [2.24, 2.45) is 0 Å². The van der Waals surface area contributed by atoms with Crippen molar-refractivity contribution in [2.75, 3.05) is 38.2 Å². The van der Waals surface area contributed by atoms with Crippen LogP contribution >= 0.6 is 11.3 Å². The number of nitrogens with zero attached hydrogens (tertiary/aromatic N) is 4. The molecule has 6 nitrogen and oxygen atoms in total. The van der Waals surface area contributed by atoms with E-state index in [1.165, 1.54) is 29.6 Å². The summed E-state index contributed by atoms with van der Waals surface area (Å²) in [6.07, 6.45) is 1.60. The second kappa shape index (κ2) is 9.29. The van der Waals surface area contributed by atoms with E-state index >= 15 is 0 Å². The zero-order valence-corrected chi connectivity index (χ0v) is 19.6. The van der Waals surface area contributed by atoms with Gasteiger partial charge in [-0.05, 0) is 23.6 Å². The Hall–Kier alpha value is -3.29. The number of rotatable bonds is 5. The Bertz CT molecular complexity index is 1210. The molecular weight excluding hydrogens is 432 g/mol. The molecule has 0 bridgehead atoms. The molecule has 0 N–H and O–H groups in total. The number of methoxy groups -OCH3 is 1. The van der Waals surface area contributed by atoms with Gasteiger partial charge in [0.15, 0.2) is 0 Å². The molecule has 0 spiro atoms. The number of hydrogen-bond donors (Lipinski definition) is 0. The van der Waals surface area contributed by atoms with Crippen LogP contribution < -0.4 is 4.90 Å². The minimum Gasteiger partial charge on any atom is -0.465 e. The van der Waals surface area contributed by atoms with Crippen LogP contribution in [0.2, 0.25) is 0 Å². The Labute approximate surface area is 197 Å².